The van der Waals surface area contributed by atoms with Crippen LogP contribution in [0.25, 0.3) is 0 Å². The molecule has 21 heavy (non-hydrogen) atoms. The van der Waals surface area contributed by atoms with Gasteiger partial charge in [0.1, 0.15) is 0 Å². The van der Waals surface area contributed by atoms with Gasteiger partial charge in [-0.25, -0.2) is 8.42 Å². The third kappa shape index (κ3) is 4.52. The van der Waals surface area contributed by atoms with E-state index < -0.39 is 16.1 Å². The van der Waals surface area contributed by atoms with Crippen molar-refractivity contribution in [1.82, 2.24) is 9.62 Å². The number of sulfonamides is 1. The number of hydrogen-bond donors (Lipinski definition) is 2. The maximum atomic E-state index is 12.3. The summed E-state index contributed by atoms with van der Waals surface area (Å²) in [6, 6.07) is 5.78. The normalized spacial score (nSPS) is 13.5. The van der Waals surface area contributed by atoms with Gasteiger partial charge >= 0.3 is 0 Å². The average Bonchev–Trinajstić information content (AvgIpc) is 2.43. The van der Waals surface area contributed by atoms with Gasteiger partial charge in [-0.05, 0) is 38.5 Å². The fraction of sp³-hybridized carbons (Fsp3) is 0.500. The molecular weight excluding hydrogens is 290 g/mol. The number of carbonyl (C=O) groups excluding carboxylic acids is 1. The van der Waals surface area contributed by atoms with E-state index in [0.29, 0.717) is 6.54 Å². The molecule has 0 saturated heterocycles. The third-order valence-electron chi connectivity index (χ3n) is 3.21. The summed E-state index contributed by atoms with van der Waals surface area (Å²) in [5.74, 6) is -0.244. The molecule has 7 heteroatoms. The van der Waals surface area contributed by atoms with Crippen LogP contribution in [0.1, 0.15) is 26.3 Å². The van der Waals surface area contributed by atoms with E-state index in [1.165, 1.54) is 4.31 Å². The molecule has 1 amide bonds. The topological polar surface area (TPSA) is 92.5 Å². The lowest BCUT2D eigenvalue weighted by atomic mass is 10.2. The van der Waals surface area contributed by atoms with E-state index in [1.54, 1.807) is 38.2 Å². The second-order valence-corrected chi connectivity index (χ2v) is 7.26. The van der Waals surface area contributed by atoms with Crippen LogP contribution in [0.4, 0.5) is 0 Å². The van der Waals surface area contributed by atoms with E-state index in [-0.39, 0.29) is 16.8 Å². The van der Waals surface area contributed by atoms with Crippen LogP contribution in [0.2, 0.25) is 0 Å². The second-order valence-electron chi connectivity index (χ2n) is 5.27. The first-order valence-corrected chi connectivity index (χ1v) is 8.20. The summed E-state index contributed by atoms with van der Waals surface area (Å²) < 4.78 is 25.9. The zero-order chi connectivity index (χ0) is 16.2. The molecule has 3 N–H and O–H groups in total. The first-order chi connectivity index (χ1) is 9.66. The van der Waals surface area contributed by atoms with Gasteiger partial charge < -0.3 is 11.1 Å². The number of carbonyl (C=O) groups is 1. The van der Waals surface area contributed by atoms with Crippen LogP contribution in [0.5, 0.6) is 0 Å². The Morgan fingerprint density at radius 1 is 1.24 bits per heavy atom. The minimum Gasteiger partial charge on any atom is -0.351 e. The number of nitrogens with one attached hydrogen (secondary N) is 1. The molecule has 1 atom stereocenters. The highest BCUT2D eigenvalue weighted by Crippen LogP contribution is 2.17. The summed E-state index contributed by atoms with van der Waals surface area (Å²) in [7, 11) is -1.92. The maximum absolute atomic E-state index is 12.3. The van der Waals surface area contributed by atoms with Crippen LogP contribution < -0.4 is 11.1 Å². The summed E-state index contributed by atoms with van der Waals surface area (Å²) in [5, 5.41) is 2.67. The minimum atomic E-state index is -3.47. The molecule has 0 unspecified atom stereocenters. The van der Waals surface area contributed by atoms with Crippen molar-refractivity contribution >= 4 is 15.9 Å². The molecule has 118 valence electrons. The molecule has 0 bridgehead atoms. The highest BCUT2D eigenvalue weighted by atomic mass is 32.2. The van der Waals surface area contributed by atoms with Crippen molar-refractivity contribution in [3.05, 3.63) is 29.8 Å². The fourth-order valence-electron chi connectivity index (χ4n) is 1.57. The van der Waals surface area contributed by atoms with Crippen LogP contribution in [-0.4, -0.2) is 37.8 Å². The monoisotopic (exact) mass is 313 g/mol. The number of nitrogens with zero attached hydrogens (tertiary/aromatic N) is 1. The molecule has 0 aliphatic rings. The van der Waals surface area contributed by atoms with Gasteiger partial charge in [0.15, 0.2) is 0 Å². The largest absolute Gasteiger partial charge is 0.351 e. The first-order valence-electron chi connectivity index (χ1n) is 6.76. The number of amides is 1. The number of benzene rings is 1. The van der Waals surface area contributed by atoms with Gasteiger partial charge in [0.25, 0.3) is 0 Å². The Morgan fingerprint density at radius 3 is 2.19 bits per heavy atom. The number of nitrogens with two attached hydrogens (primary N) is 1. The SMILES string of the molecule is CC(C)N(C)S(=O)(=O)c1ccc(CNC(=O)[C@H](C)N)cc1. The van der Waals surface area contributed by atoms with Gasteiger partial charge in [0, 0.05) is 19.6 Å². The quantitative estimate of drug-likeness (QED) is 0.807. The van der Waals surface area contributed by atoms with E-state index in [4.69, 9.17) is 5.73 Å². The van der Waals surface area contributed by atoms with Crippen LogP contribution in [0, 0.1) is 0 Å². The molecule has 0 saturated carbocycles. The molecule has 0 radical (unpaired) electrons. The highest BCUT2D eigenvalue weighted by Gasteiger charge is 2.22. The van der Waals surface area contributed by atoms with Crippen LogP contribution in [-0.2, 0) is 21.4 Å². The Hall–Kier alpha value is -1.44. The van der Waals surface area contributed by atoms with Crippen LogP contribution in [0.15, 0.2) is 29.2 Å². The minimum absolute atomic E-state index is 0.111. The smallest absolute Gasteiger partial charge is 0.243 e. The van der Waals surface area contributed by atoms with Crippen LogP contribution in [0.3, 0.4) is 0 Å². The van der Waals surface area contributed by atoms with Gasteiger partial charge in [-0.3, -0.25) is 4.79 Å². The lowest BCUT2D eigenvalue weighted by molar-refractivity contribution is -0.122. The van der Waals surface area contributed by atoms with Crippen molar-refractivity contribution in [3.8, 4) is 0 Å². The van der Waals surface area contributed by atoms with Crippen molar-refractivity contribution in [2.75, 3.05) is 7.05 Å². The Balaban J connectivity index is 2.81. The van der Waals surface area contributed by atoms with E-state index in [1.807, 2.05) is 13.8 Å². The van der Waals surface area contributed by atoms with Crippen molar-refractivity contribution in [2.24, 2.45) is 5.73 Å². The van der Waals surface area contributed by atoms with Gasteiger partial charge in [-0.1, -0.05) is 12.1 Å². The standard InChI is InChI=1S/C14H23N3O3S/c1-10(2)17(4)21(19,20)13-7-5-12(6-8-13)9-16-14(18)11(3)15/h5-8,10-11H,9,15H2,1-4H3,(H,16,18)/t11-/m0/s1. The summed E-state index contributed by atoms with van der Waals surface area (Å²) >= 11 is 0. The Bertz CT molecular complexity index is 580. The van der Waals surface area contributed by atoms with Crippen molar-refractivity contribution in [3.63, 3.8) is 0 Å². The van der Waals surface area contributed by atoms with Gasteiger partial charge in [0.05, 0.1) is 10.9 Å². The Morgan fingerprint density at radius 2 is 1.76 bits per heavy atom. The Kier molecular flexibility index (Phi) is 5.88. The van der Waals surface area contributed by atoms with Crippen molar-refractivity contribution < 1.29 is 13.2 Å². The molecule has 1 aromatic rings. The molecule has 0 spiro atoms. The molecule has 1 aromatic carbocycles. The zero-order valence-corrected chi connectivity index (χ0v) is 13.6. The van der Waals surface area contributed by atoms with E-state index >= 15 is 0 Å². The molecule has 1 rings (SSSR count). The molecule has 0 heterocycles. The predicted octanol–water partition coefficient (Wildman–Crippen LogP) is 0.679. The zero-order valence-electron chi connectivity index (χ0n) is 12.8. The lowest BCUT2D eigenvalue weighted by Crippen LogP contribution is -2.37. The third-order valence-corrected chi connectivity index (χ3v) is 5.26. The average molecular weight is 313 g/mol. The van der Waals surface area contributed by atoms with E-state index in [2.05, 4.69) is 5.32 Å². The van der Waals surface area contributed by atoms with Crippen molar-refractivity contribution in [2.45, 2.75) is 44.3 Å². The summed E-state index contributed by atoms with van der Waals surface area (Å²) in [5.41, 5.74) is 6.26. The van der Waals surface area contributed by atoms with Gasteiger partial charge in [0.2, 0.25) is 15.9 Å². The van der Waals surface area contributed by atoms with E-state index in [0.717, 1.165) is 5.56 Å². The van der Waals surface area contributed by atoms with E-state index in [9.17, 15) is 13.2 Å². The first kappa shape index (κ1) is 17.6. The van der Waals surface area contributed by atoms with Crippen molar-refractivity contribution in [1.29, 1.82) is 0 Å². The molecule has 0 aliphatic carbocycles. The fourth-order valence-corrected chi connectivity index (χ4v) is 2.94. The summed E-state index contributed by atoms with van der Waals surface area (Å²) in [4.78, 5) is 11.6. The van der Waals surface area contributed by atoms with Gasteiger partial charge in [-0.2, -0.15) is 4.31 Å². The molecule has 6 nitrogen and oxygen atoms in total. The number of hydrogen-bond acceptors (Lipinski definition) is 4. The number of rotatable bonds is 6. The van der Waals surface area contributed by atoms with Gasteiger partial charge in [-0.15, -0.1) is 0 Å². The molecule has 0 aliphatic heterocycles. The Labute approximate surface area is 126 Å². The second kappa shape index (κ2) is 7.02. The highest BCUT2D eigenvalue weighted by molar-refractivity contribution is 7.89. The molecular formula is C14H23N3O3S. The lowest BCUT2D eigenvalue weighted by Gasteiger charge is -2.21. The predicted molar refractivity (Wildman–Crippen MR) is 82.0 cm³/mol. The summed E-state index contributed by atoms with van der Waals surface area (Å²) in [6.07, 6.45) is 0. The van der Waals surface area contributed by atoms with Crippen LogP contribution >= 0.6 is 0 Å². The summed E-state index contributed by atoms with van der Waals surface area (Å²) in [6.45, 7) is 5.55. The molecule has 0 aromatic heterocycles. The molecule has 0 fully saturated rings. The maximum Gasteiger partial charge on any atom is 0.243 e.